The number of hydrogen-bond acceptors (Lipinski definition) is 3. The van der Waals surface area contributed by atoms with Gasteiger partial charge in [-0.3, -0.25) is 10.1 Å². The molecule has 0 saturated heterocycles. The molecule has 0 fully saturated rings. The first kappa shape index (κ1) is 27.0. The zero-order chi connectivity index (χ0) is 26.5. The Balaban J connectivity index is 1.92. The lowest BCUT2D eigenvalue weighted by molar-refractivity contribution is -0.275. The van der Waals surface area contributed by atoms with E-state index in [0.717, 1.165) is 24.3 Å². The van der Waals surface area contributed by atoms with Crippen LogP contribution >= 0.6 is 0 Å². The molecule has 3 rings (SSSR count). The van der Waals surface area contributed by atoms with Crippen LogP contribution in [0.5, 0.6) is 5.75 Å². The SMILES string of the molecule is NC(=O)[C@@H](N[C@H](CCc1ccc(C(F)(F)F)cc1)c1ccc(F)c(OC(F)(F)F)c1)c1ccccc1. The van der Waals surface area contributed by atoms with E-state index in [0.29, 0.717) is 11.1 Å². The Hall–Kier alpha value is -3.60. The molecule has 3 aromatic carbocycles. The average molecular weight is 514 g/mol. The number of hydrogen-bond donors (Lipinski definition) is 2. The number of nitrogens with two attached hydrogens (primary N) is 1. The third-order valence-electron chi connectivity index (χ3n) is 5.37. The number of nitrogens with one attached hydrogen (secondary N) is 1. The predicted molar refractivity (Wildman–Crippen MR) is 117 cm³/mol. The molecule has 0 spiro atoms. The Morgan fingerprint density at radius 1 is 0.889 bits per heavy atom. The third-order valence-corrected chi connectivity index (χ3v) is 5.37. The van der Waals surface area contributed by atoms with Crippen LogP contribution in [0.15, 0.2) is 72.8 Å². The van der Waals surface area contributed by atoms with E-state index >= 15 is 0 Å². The Bertz CT molecular complexity index is 1160. The van der Waals surface area contributed by atoms with Crippen molar-refractivity contribution < 1.29 is 40.3 Å². The second-order valence-electron chi connectivity index (χ2n) is 7.94. The smallest absolute Gasteiger partial charge is 0.403 e. The lowest BCUT2D eigenvalue weighted by atomic mass is 9.95. The number of halogens is 7. The normalized spacial score (nSPS) is 13.8. The van der Waals surface area contributed by atoms with Gasteiger partial charge in [0.05, 0.1) is 5.56 Å². The van der Waals surface area contributed by atoms with Gasteiger partial charge in [0.1, 0.15) is 6.04 Å². The summed E-state index contributed by atoms with van der Waals surface area (Å²) >= 11 is 0. The van der Waals surface area contributed by atoms with Gasteiger partial charge in [-0.15, -0.1) is 13.2 Å². The highest BCUT2D eigenvalue weighted by molar-refractivity contribution is 5.81. The summed E-state index contributed by atoms with van der Waals surface area (Å²) < 4.78 is 94.5. The number of amides is 1. The van der Waals surface area contributed by atoms with E-state index in [1.807, 2.05) is 0 Å². The second kappa shape index (κ2) is 11.0. The van der Waals surface area contributed by atoms with E-state index in [4.69, 9.17) is 5.73 Å². The first-order valence-corrected chi connectivity index (χ1v) is 10.6. The van der Waals surface area contributed by atoms with E-state index in [9.17, 15) is 35.5 Å². The number of rotatable bonds is 9. The summed E-state index contributed by atoms with van der Waals surface area (Å²) in [5.74, 6) is -3.07. The van der Waals surface area contributed by atoms with Crippen LogP contribution in [0.25, 0.3) is 0 Å². The maximum Gasteiger partial charge on any atom is 0.573 e. The highest BCUT2D eigenvalue weighted by atomic mass is 19.4. The fourth-order valence-corrected chi connectivity index (χ4v) is 3.65. The molecule has 0 saturated carbocycles. The van der Waals surface area contributed by atoms with Crippen LogP contribution in [0.2, 0.25) is 0 Å². The van der Waals surface area contributed by atoms with Crippen molar-refractivity contribution in [3.8, 4) is 5.75 Å². The number of carbonyl (C=O) groups excluding carboxylic acids is 1. The molecule has 0 radical (unpaired) electrons. The largest absolute Gasteiger partial charge is 0.573 e. The predicted octanol–water partition coefficient (Wildman–Crippen LogP) is 6.23. The van der Waals surface area contributed by atoms with E-state index < -0.39 is 47.7 Å². The number of aryl methyl sites for hydroxylation is 1. The van der Waals surface area contributed by atoms with Gasteiger partial charge in [-0.25, -0.2) is 4.39 Å². The van der Waals surface area contributed by atoms with Gasteiger partial charge in [0.2, 0.25) is 5.91 Å². The Morgan fingerprint density at radius 2 is 1.53 bits per heavy atom. The van der Waals surface area contributed by atoms with Gasteiger partial charge in [0.15, 0.2) is 11.6 Å². The van der Waals surface area contributed by atoms with Crippen LogP contribution < -0.4 is 15.8 Å². The molecule has 4 nitrogen and oxygen atoms in total. The summed E-state index contributed by atoms with van der Waals surface area (Å²) in [6.07, 6.45) is -9.33. The van der Waals surface area contributed by atoms with Gasteiger partial charge in [-0.1, -0.05) is 48.5 Å². The third kappa shape index (κ3) is 7.45. The number of carbonyl (C=O) groups is 1. The maximum absolute atomic E-state index is 14.0. The zero-order valence-electron chi connectivity index (χ0n) is 18.5. The van der Waals surface area contributed by atoms with Crippen molar-refractivity contribution >= 4 is 5.91 Å². The standard InChI is InChI=1S/C25H21F7N2O2/c26-19-12-9-17(14-21(19)36-25(30,31)32)20(34-22(23(33)35)16-4-2-1-3-5-16)13-8-15-6-10-18(11-7-15)24(27,28)29/h1-7,9-12,14,20,22,34H,8,13H2,(H2,33,35)/t20-,22+/m1/s1. The van der Waals surface area contributed by atoms with Crippen LogP contribution in [-0.2, 0) is 17.4 Å². The first-order valence-electron chi connectivity index (χ1n) is 10.6. The minimum atomic E-state index is -5.14. The number of ether oxygens (including phenoxy) is 1. The Labute approximate surface area is 201 Å². The van der Waals surface area contributed by atoms with Gasteiger partial charge in [-0.05, 0) is 53.8 Å². The molecule has 1 amide bonds. The van der Waals surface area contributed by atoms with Crippen molar-refractivity contribution in [2.45, 2.75) is 37.5 Å². The average Bonchev–Trinajstić information content (AvgIpc) is 2.80. The summed E-state index contributed by atoms with van der Waals surface area (Å²) in [6.45, 7) is 0. The van der Waals surface area contributed by atoms with Gasteiger partial charge in [-0.2, -0.15) is 13.2 Å². The fourth-order valence-electron chi connectivity index (χ4n) is 3.65. The molecule has 0 bridgehead atoms. The topological polar surface area (TPSA) is 64.4 Å². The van der Waals surface area contributed by atoms with Gasteiger partial charge in [0, 0.05) is 6.04 Å². The van der Waals surface area contributed by atoms with Crippen molar-refractivity contribution in [1.29, 1.82) is 0 Å². The molecule has 3 N–H and O–H groups in total. The first-order chi connectivity index (χ1) is 16.8. The molecule has 0 aliphatic heterocycles. The number of alkyl halides is 6. The van der Waals surface area contributed by atoms with E-state index in [1.54, 1.807) is 30.3 Å². The van der Waals surface area contributed by atoms with Crippen molar-refractivity contribution in [2.24, 2.45) is 5.73 Å². The molecule has 0 aliphatic rings. The molecule has 3 aromatic rings. The van der Waals surface area contributed by atoms with Crippen molar-refractivity contribution in [3.63, 3.8) is 0 Å². The molecule has 0 aliphatic carbocycles. The monoisotopic (exact) mass is 514 g/mol. The minimum absolute atomic E-state index is 0.124. The molecule has 0 heterocycles. The van der Waals surface area contributed by atoms with Gasteiger partial charge < -0.3 is 10.5 Å². The van der Waals surface area contributed by atoms with Crippen molar-refractivity contribution in [2.75, 3.05) is 0 Å². The highest BCUT2D eigenvalue weighted by Crippen LogP contribution is 2.32. The van der Waals surface area contributed by atoms with Crippen LogP contribution in [0.3, 0.4) is 0 Å². The van der Waals surface area contributed by atoms with Crippen molar-refractivity contribution in [1.82, 2.24) is 5.32 Å². The van der Waals surface area contributed by atoms with Crippen LogP contribution in [0.4, 0.5) is 30.7 Å². The lowest BCUT2D eigenvalue weighted by Crippen LogP contribution is -2.36. The molecular weight excluding hydrogens is 493 g/mol. The fraction of sp³-hybridized carbons (Fsp3) is 0.240. The Morgan fingerprint density at radius 3 is 2.08 bits per heavy atom. The van der Waals surface area contributed by atoms with Crippen LogP contribution in [0, 0.1) is 5.82 Å². The minimum Gasteiger partial charge on any atom is -0.403 e. The van der Waals surface area contributed by atoms with Gasteiger partial charge in [0.25, 0.3) is 0 Å². The highest BCUT2D eigenvalue weighted by Gasteiger charge is 2.33. The summed E-state index contributed by atoms with van der Waals surface area (Å²) in [5.41, 5.74) is 5.88. The molecular formula is C25H21F7N2O2. The Kier molecular flexibility index (Phi) is 8.24. The molecule has 0 aromatic heterocycles. The second-order valence-corrected chi connectivity index (χ2v) is 7.94. The van der Waals surface area contributed by atoms with Gasteiger partial charge >= 0.3 is 12.5 Å². The number of primary amides is 1. The number of benzene rings is 3. The molecule has 0 unspecified atom stereocenters. The van der Waals surface area contributed by atoms with E-state index in [-0.39, 0.29) is 18.4 Å². The van der Waals surface area contributed by atoms with Crippen LogP contribution in [-0.4, -0.2) is 12.3 Å². The molecule has 36 heavy (non-hydrogen) atoms. The summed E-state index contributed by atoms with van der Waals surface area (Å²) in [6, 6.07) is 13.7. The van der Waals surface area contributed by atoms with Crippen molar-refractivity contribution in [3.05, 3.63) is 101 Å². The summed E-state index contributed by atoms with van der Waals surface area (Å²) in [5, 5.41) is 2.99. The maximum atomic E-state index is 14.0. The zero-order valence-corrected chi connectivity index (χ0v) is 18.5. The molecule has 192 valence electrons. The lowest BCUT2D eigenvalue weighted by Gasteiger charge is -2.25. The quantitative estimate of drug-likeness (QED) is 0.333. The van der Waals surface area contributed by atoms with E-state index in [2.05, 4.69) is 10.1 Å². The summed E-state index contributed by atoms with van der Waals surface area (Å²) in [4.78, 5) is 12.2. The van der Waals surface area contributed by atoms with E-state index in [1.165, 1.54) is 18.2 Å². The summed E-state index contributed by atoms with van der Waals surface area (Å²) in [7, 11) is 0. The molecule has 11 heteroatoms. The van der Waals surface area contributed by atoms with Crippen LogP contribution in [0.1, 0.15) is 40.8 Å². The molecule has 2 atom stereocenters.